The number of aromatic hydroxyl groups is 2. The van der Waals surface area contributed by atoms with Crippen molar-refractivity contribution in [3.05, 3.63) is 23.3 Å². The van der Waals surface area contributed by atoms with Crippen LogP contribution in [0, 0.1) is 10.8 Å². The van der Waals surface area contributed by atoms with Gasteiger partial charge in [0.25, 0.3) is 0 Å². The van der Waals surface area contributed by atoms with Gasteiger partial charge in [0.2, 0.25) is 0 Å². The zero-order valence-corrected chi connectivity index (χ0v) is 16.7. The molecule has 24 heavy (non-hydrogen) atoms. The van der Waals surface area contributed by atoms with E-state index in [9.17, 15) is 10.2 Å². The molecule has 0 aromatic heterocycles. The van der Waals surface area contributed by atoms with Crippen LogP contribution in [0.4, 0.5) is 0 Å². The Morgan fingerprint density at radius 2 is 1.00 bits per heavy atom. The van der Waals surface area contributed by atoms with Crippen molar-refractivity contribution in [1.29, 1.82) is 0 Å². The van der Waals surface area contributed by atoms with Crippen LogP contribution in [0.2, 0.25) is 0 Å². The maximum absolute atomic E-state index is 10.1. The van der Waals surface area contributed by atoms with Crippen molar-refractivity contribution in [2.75, 3.05) is 0 Å². The van der Waals surface area contributed by atoms with E-state index in [1.165, 1.54) is 31.7 Å². The van der Waals surface area contributed by atoms with Crippen molar-refractivity contribution < 1.29 is 10.2 Å². The highest BCUT2D eigenvalue weighted by Gasteiger charge is 2.13. The molecule has 2 N–H and O–H groups in total. The van der Waals surface area contributed by atoms with E-state index in [1.54, 1.807) is 0 Å². The number of rotatable bonds is 8. The van der Waals surface area contributed by atoms with Crippen LogP contribution in [-0.4, -0.2) is 10.2 Å². The van der Waals surface area contributed by atoms with E-state index in [0.717, 1.165) is 36.8 Å². The minimum Gasteiger partial charge on any atom is -0.508 e. The average Bonchev–Trinajstić information content (AvgIpc) is 2.41. The van der Waals surface area contributed by atoms with Crippen LogP contribution in [0.25, 0.3) is 0 Å². The summed E-state index contributed by atoms with van der Waals surface area (Å²) >= 11 is 0. The Bertz CT molecular complexity index is 461. The van der Waals surface area contributed by atoms with E-state index >= 15 is 0 Å². The minimum atomic E-state index is 0.238. The van der Waals surface area contributed by atoms with Gasteiger partial charge in [-0.1, -0.05) is 54.4 Å². The maximum atomic E-state index is 10.1. The standard InChI is InChI=1S/C22H38O2/c1-21(2,3)13-9-7-11-17-15-18(20(24)16-19(17)23)12-8-10-14-22(4,5)6/h15-16,23-24H,7-14H2,1-6H3. The van der Waals surface area contributed by atoms with Gasteiger partial charge in [-0.05, 0) is 66.5 Å². The van der Waals surface area contributed by atoms with E-state index in [-0.39, 0.29) is 11.5 Å². The highest BCUT2D eigenvalue weighted by Crippen LogP contribution is 2.31. The third-order valence-electron chi connectivity index (χ3n) is 4.53. The zero-order chi connectivity index (χ0) is 18.4. The molecule has 1 aromatic carbocycles. The van der Waals surface area contributed by atoms with Crippen LogP contribution >= 0.6 is 0 Å². The summed E-state index contributed by atoms with van der Waals surface area (Å²) in [6.45, 7) is 13.6. The molecule has 0 amide bonds. The number of hydrogen-bond donors (Lipinski definition) is 2. The van der Waals surface area contributed by atoms with E-state index < -0.39 is 0 Å². The molecule has 2 nitrogen and oxygen atoms in total. The summed E-state index contributed by atoms with van der Waals surface area (Å²) in [7, 11) is 0. The number of phenols is 2. The van der Waals surface area contributed by atoms with Gasteiger partial charge in [-0.25, -0.2) is 0 Å². The molecular weight excluding hydrogens is 296 g/mol. The largest absolute Gasteiger partial charge is 0.508 e. The molecule has 0 radical (unpaired) electrons. The maximum Gasteiger partial charge on any atom is 0.122 e. The highest BCUT2D eigenvalue weighted by molar-refractivity contribution is 5.45. The SMILES string of the molecule is CC(C)(C)CCCCc1cc(CCCCC(C)(C)C)c(O)cc1O. The molecule has 0 aliphatic carbocycles. The lowest BCUT2D eigenvalue weighted by Crippen LogP contribution is -2.04. The van der Waals surface area contributed by atoms with Crippen molar-refractivity contribution >= 4 is 0 Å². The molecule has 1 aromatic rings. The Balaban J connectivity index is 2.55. The van der Waals surface area contributed by atoms with Gasteiger partial charge in [0.05, 0.1) is 0 Å². The summed E-state index contributed by atoms with van der Waals surface area (Å²) in [6, 6.07) is 3.54. The van der Waals surface area contributed by atoms with Gasteiger partial charge in [0, 0.05) is 6.07 Å². The normalized spacial score (nSPS) is 12.6. The molecular formula is C22H38O2. The van der Waals surface area contributed by atoms with Crippen molar-refractivity contribution in [3.8, 4) is 11.5 Å². The number of benzene rings is 1. The first-order chi connectivity index (χ1) is 11.0. The van der Waals surface area contributed by atoms with Crippen molar-refractivity contribution in [2.24, 2.45) is 10.8 Å². The zero-order valence-electron chi connectivity index (χ0n) is 16.7. The lowest BCUT2D eigenvalue weighted by Gasteiger charge is -2.18. The molecule has 138 valence electrons. The molecule has 2 heteroatoms. The van der Waals surface area contributed by atoms with Crippen LogP contribution in [0.1, 0.15) is 91.2 Å². The van der Waals surface area contributed by atoms with Gasteiger partial charge in [-0.3, -0.25) is 0 Å². The van der Waals surface area contributed by atoms with E-state index in [4.69, 9.17) is 0 Å². The Kier molecular flexibility index (Phi) is 7.63. The summed E-state index contributed by atoms with van der Waals surface area (Å²) in [5.41, 5.74) is 2.70. The molecule has 0 unspecified atom stereocenters. The number of phenolic OH excluding ortho intramolecular Hbond substituents is 2. The molecule has 0 saturated heterocycles. The second-order valence-corrected chi connectivity index (χ2v) is 9.65. The molecule has 0 atom stereocenters. The quantitative estimate of drug-likeness (QED) is 0.525. The molecule has 0 heterocycles. The third kappa shape index (κ3) is 8.61. The summed E-state index contributed by atoms with van der Waals surface area (Å²) in [5, 5.41) is 20.2. The smallest absolute Gasteiger partial charge is 0.122 e. The van der Waals surface area contributed by atoms with E-state index in [1.807, 2.05) is 6.07 Å². The fourth-order valence-corrected chi connectivity index (χ4v) is 3.02. The van der Waals surface area contributed by atoms with Gasteiger partial charge in [0.15, 0.2) is 0 Å². The Morgan fingerprint density at radius 3 is 1.33 bits per heavy atom. The molecule has 0 spiro atoms. The van der Waals surface area contributed by atoms with Gasteiger partial charge in [0.1, 0.15) is 11.5 Å². The molecule has 0 saturated carbocycles. The number of unbranched alkanes of at least 4 members (excludes halogenated alkanes) is 2. The molecule has 0 bridgehead atoms. The Labute approximate surface area is 149 Å². The first kappa shape index (κ1) is 20.9. The third-order valence-corrected chi connectivity index (χ3v) is 4.53. The highest BCUT2D eigenvalue weighted by atomic mass is 16.3. The van der Waals surface area contributed by atoms with Crippen molar-refractivity contribution in [1.82, 2.24) is 0 Å². The van der Waals surface area contributed by atoms with Crippen LogP contribution < -0.4 is 0 Å². The average molecular weight is 335 g/mol. The number of aryl methyl sites for hydroxylation is 2. The summed E-state index contributed by atoms with van der Waals surface area (Å²) in [5.74, 6) is 0.475. The molecule has 1 rings (SSSR count). The fraction of sp³-hybridized carbons (Fsp3) is 0.727. The van der Waals surface area contributed by atoms with Gasteiger partial charge >= 0.3 is 0 Å². The molecule has 0 aliphatic heterocycles. The number of hydrogen-bond acceptors (Lipinski definition) is 2. The van der Waals surface area contributed by atoms with Crippen molar-refractivity contribution in [2.45, 2.75) is 92.9 Å². The van der Waals surface area contributed by atoms with Crippen LogP contribution in [-0.2, 0) is 12.8 Å². The van der Waals surface area contributed by atoms with E-state index in [0.29, 0.717) is 10.8 Å². The predicted octanol–water partition coefficient (Wildman–Crippen LogP) is 6.62. The van der Waals surface area contributed by atoms with E-state index in [2.05, 4.69) is 41.5 Å². The van der Waals surface area contributed by atoms with Gasteiger partial charge < -0.3 is 10.2 Å². The Morgan fingerprint density at radius 1 is 0.625 bits per heavy atom. The second kappa shape index (κ2) is 8.78. The van der Waals surface area contributed by atoms with Crippen LogP contribution in [0.15, 0.2) is 12.1 Å². The summed E-state index contributed by atoms with van der Waals surface area (Å²) < 4.78 is 0. The van der Waals surface area contributed by atoms with Crippen LogP contribution in [0.5, 0.6) is 11.5 Å². The molecule has 0 aliphatic rings. The first-order valence-corrected chi connectivity index (χ1v) is 9.52. The van der Waals surface area contributed by atoms with Gasteiger partial charge in [-0.15, -0.1) is 0 Å². The fourth-order valence-electron chi connectivity index (χ4n) is 3.02. The second-order valence-electron chi connectivity index (χ2n) is 9.65. The van der Waals surface area contributed by atoms with Crippen molar-refractivity contribution in [3.63, 3.8) is 0 Å². The lowest BCUT2D eigenvalue weighted by atomic mass is 9.88. The Hall–Kier alpha value is -1.18. The minimum absolute atomic E-state index is 0.238. The predicted molar refractivity (Wildman–Crippen MR) is 104 cm³/mol. The monoisotopic (exact) mass is 334 g/mol. The molecule has 0 fully saturated rings. The topological polar surface area (TPSA) is 40.5 Å². The van der Waals surface area contributed by atoms with Crippen LogP contribution in [0.3, 0.4) is 0 Å². The first-order valence-electron chi connectivity index (χ1n) is 9.52. The lowest BCUT2D eigenvalue weighted by molar-refractivity contribution is 0.359. The van der Waals surface area contributed by atoms with Gasteiger partial charge in [-0.2, -0.15) is 0 Å². The summed E-state index contributed by atoms with van der Waals surface area (Å²) in [6.07, 6.45) is 8.68. The summed E-state index contributed by atoms with van der Waals surface area (Å²) in [4.78, 5) is 0.